The maximum absolute atomic E-state index is 12.3. The quantitative estimate of drug-likeness (QED) is 0.904. The average molecular weight is 309 g/mol. The summed E-state index contributed by atoms with van der Waals surface area (Å²) in [6.07, 6.45) is 0. The lowest BCUT2D eigenvalue weighted by Crippen LogP contribution is -2.32. The first-order valence-electron chi connectivity index (χ1n) is 6.35. The van der Waals surface area contributed by atoms with Crippen molar-refractivity contribution in [1.29, 1.82) is 5.26 Å². The third-order valence-corrected chi connectivity index (χ3v) is 5.12. The van der Waals surface area contributed by atoms with Crippen molar-refractivity contribution in [2.75, 3.05) is 14.1 Å². The number of nitriles is 1. The molecule has 0 heterocycles. The van der Waals surface area contributed by atoms with E-state index in [0.29, 0.717) is 11.1 Å². The molecule has 1 unspecified atom stereocenters. The summed E-state index contributed by atoms with van der Waals surface area (Å²) in [5.41, 5.74) is 1.53. The number of aryl methyl sites for hydroxylation is 1. The number of amides is 1. The van der Waals surface area contributed by atoms with Crippen LogP contribution in [0.5, 0.6) is 0 Å². The molecular formula is C14H19N3O3S. The average Bonchev–Trinajstić information content (AvgIpc) is 2.40. The first-order chi connectivity index (χ1) is 9.61. The number of rotatable bonds is 4. The molecule has 0 fully saturated rings. The highest BCUT2D eigenvalue weighted by molar-refractivity contribution is 7.89. The van der Waals surface area contributed by atoms with Crippen LogP contribution in [0, 0.1) is 25.2 Å². The van der Waals surface area contributed by atoms with Gasteiger partial charge in [0.25, 0.3) is 5.91 Å². The molecular weight excluding hydrogens is 290 g/mol. The monoisotopic (exact) mass is 309 g/mol. The van der Waals surface area contributed by atoms with Gasteiger partial charge in [0.1, 0.15) is 6.04 Å². The molecule has 0 saturated heterocycles. The first-order valence-corrected chi connectivity index (χ1v) is 7.79. The van der Waals surface area contributed by atoms with Gasteiger partial charge in [-0.25, -0.2) is 12.7 Å². The molecule has 0 aliphatic rings. The van der Waals surface area contributed by atoms with E-state index in [9.17, 15) is 13.2 Å². The fourth-order valence-electron chi connectivity index (χ4n) is 1.73. The zero-order valence-electron chi connectivity index (χ0n) is 12.8. The van der Waals surface area contributed by atoms with Gasteiger partial charge in [-0.05, 0) is 44.0 Å². The molecule has 1 aromatic carbocycles. The highest BCUT2D eigenvalue weighted by atomic mass is 32.2. The van der Waals surface area contributed by atoms with Gasteiger partial charge in [-0.3, -0.25) is 4.79 Å². The normalized spacial score (nSPS) is 12.8. The van der Waals surface area contributed by atoms with E-state index in [1.54, 1.807) is 26.8 Å². The van der Waals surface area contributed by atoms with Crippen molar-refractivity contribution < 1.29 is 13.2 Å². The van der Waals surface area contributed by atoms with Crippen molar-refractivity contribution in [3.63, 3.8) is 0 Å². The van der Waals surface area contributed by atoms with Crippen molar-refractivity contribution in [1.82, 2.24) is 9.62 Å². The molecule has 0 saturated carbocycles. The Morgan fingerprint density at radius 2 is 1.90 bits per heavy atom. The van der Waals surface area contributed by atoms with Gasteiger partial charge in [0.15, 0.2) is 0 Å². The second-order valence-electron chi connectivity index (χ2n) is 5.03. The van der Waals surface area contributed by atoms with E-state index in [0.717, 1.165) is 4.31 Å². The smallest absolute Gasteiger partial charge is 0.252 e. The van der Waals surface area contributed by atoms with Crippen molar-refractivity contribution in [2.24, 2.45) is 0 Å². The Labute approximate surface area is 125 Å². The fourth-order valence-corrected chi connectivity index (χ4v) is 2.95. The number of sulfonamides is 1. The SMILES string of the molecule is Cc1cc(C(=O)NC(C)C#N)cc(S(=O)(=O)N(C)C)c1C. The summed E-state index contributed by atoms with van der Waals surface area (Å²) < 4.78 is 25.7. The summed E-state index contributed by atoms with van der Waals surface area (Å²) in [6, 6.07) is 4.21. The van der Waals surface area contributed by atoms with Crippen LogP contribution in [0.15, 0.2) is 17.0 Å². The largest absolute Gasteiger partial charge is 0.337 e. The molecule has 7 heteroatoms. The van der Waals surface area contributed by atoms with E-state index in [2.05, 4.69) is 5.32 Å². The topological polar surface area (TPSA) is 90.3 Å². The molecule has 1 amide bonds. The third-order valence-electron chi connectivity index (χ3n) is 3.18. The van der Waals surface area contributed by atoms with E-state index in [4.69, 9.17) is 5.26 Å². The van der Waals surface area contributed by atoms with E-state index in [-0.39, 0.29) is 10.5 Å². The van der Waals surface area contributed by atoms with Crippen molar-refractivity contribution >= 4 is 15.9 Å². The molecule has 0 aromatic heterocycles. The number of nitrogens with zero attached hydrogens (tertiary/aromatic N) is 2. The Morgan fingerprint density at radius 3 is 2.38 bits per heavy atom. The summed E-state index contributed by atoms with van der Waals surface area (Å²) in [4.78, 5) is 12.2. The molecule has 0 aliphatic heterocycles. The summed E-state index contributed by atoms with van der Waals surface area (Å²) in [5, 5.41) is 11.2. The molecule has 1 atom stereocenters. The number of carbonyl (C=O) groups is 1. The van der Waals surface area contributed by atoms with Gasteiger partial charge in [0.05, 0.1) is 11.0 Å². The summed E-state index contributed by atoms with van der Waals surface area (Å²) in [7, 11) is -0.754. The molecule has 1 rings (SSSR count). The molecule has 1 N–H and O–H groups in total. The fraction of sp³-hybridized carbons (Fsp3) is 0.429. The van der Waals surface area contributed by atoms with Crippen LogP contribution in [0.1, 0.15) is 28.4 Å². The Morgan fingerprint density at radius 1 is 1.33 bits per heavy atom. The first kappa shape index (κ1) is 17.1. The van der Waals surface area contributed by atoms with Crippen molar-refractivity contribution in [3.8, 4) is 6.07 Å². The lowest BCUT2D eigenvalue weighted by Gasteiger charge is -2.16. The van der Waals surface area contributed by atoms with Gasteiger partial charge in [-0.15, -0.1) is 0 Å². The van der Waals surface area contributed by atoms with E-state index in [1.165, 1.54) is 20.2 Å². The van der Waals surface area contributed by atoms with E-state index >= 15 is 0 Å². The zero-order chi connectivity index (χ0) is 16.4. The van der Waals surface area contributed by atoms with Crippen LogP contribution in [-0.2, 0) is 10.0 Å². The minimum absolute atomic E-state index is 0.0993. The maximum atomic E-state index is 12.3. The van der Waals surface area contributed by atoms with Gasteiger partial charge in [0.2, 0.25) is 10.0 Å². The molecule has 0 radical (unpaired) electrons. The van der Waals surface area contributed by atoms with Gasteiger partial charge in [-0.1, -0.05) is 0 Å². The summed E-state index contributed by atoms with van der Waals surface area (Å²) >= 11 is 0. The highest BCUT2D eigenvalue weighted by Crippen LogP contribution is 2.23. The molecule has 1 aromatic rings. The van der Waals surface area contributed by atoms with E-state index in [1.807, 2.05) is 6.07 Å². The Kier molecular flexibility index (Phi) is 5.10. The number of benzene rings is 1. The van der Waals surface area contributed by atoms with Crippen LogP contribution in [0.4, 0.5) is 0 Å². The maximum Gasteiger partial charge on any atom is 0.252 e. The minimum Gasteiger partial charge on any atom is -0.337 e. The van der Waals surface area contributed by atoms with Gasteiger partial charge in [-0.2, -0.15) is 5.26 Å². The van der Waals surface area contributed by atoms with Gasteiger partial charge < -0.3 is 5.32 Å². The lowest BCUT2D eigenvalue weighted by molar-refractivity contribution is 0.0947. The Hall–Kier alpha value is -1.91. The molecule has 6 nitrogen and oxygen atoms in total. The number of nitrogens with one attached hydrogen (secondary N) is 1. The molecule has 114 valence electrons. The third kappa shape index (κ3) is 3.60. The lowest BCUT2D eigenvalue weighted by atomic mass is 10.1. The number of carbonyl (C=O) groups excluding carboxylic acids is 1. The van der Waals surface area contributed by atoms with E-state index < -0.39 is 22.0 Å². The molecule has 0 aliphatic carbocycles. The predicted octanol–water partition coefficient (Wildman–Crippen LogP) is 1.20. The standard InChI is InChI=1S/C14H19N3O3S/c1-9-6-12(14(18)16-10(2)8-15)7-13(11(9)3)21(19,20)17(4)5/h6-7,10H,1-5H3,(H,16,18). The Bertz CT molecular complexity index is 703. The van der Waals surface area contributed by atoms with Crippen LogP contribution in [0.3, 0.4) is 0 Å². The van der Waals surface area contributed by atoms with Gasteiger partial charge in [0, 0.05) is 19.7 Å². The number of hydrogen-bond donors (Lipinski definition) is 1. The van der Waals surface area contributed by atoms with Crippen LogP contribution in [0.2, 0.25) is 0 Å². The summed E-state index contributed by atoms with van der Waals surface area (Å²) in [5.74, 6) is -0.470. The minimum atomic E-state index is -3.63. The second-order valence-corrected chi connectivity index (χ2v) is 7.15. The molecule has 0 spiro atoms. The molecule has 21 heavy (non-hydrogen) atoms. The van der Waals surface area contributed by atoms with Crippen LogP contribution >= 0.6 is 0 Å². The van der Waals surface area contributed by atoms with Crippen molar-refractivity contribution in [3.05, 3.63) is 28.8 Å². The highest BCUT2D eigenvalue weighted by Gasteiger charge is 2.23. The summed E-state index contributed by atoms with van der Waals surface area (Å²) in [6.45, 7) is 5.00. The van der Waals surface area contributed by atoms with Crippen LogP contribution in [-0.4, -0.2) is 38.8 Å². The van der Waals surface area contributed by atoms with Crippen LogP contribution < -0.4 is 5.32 Å². The Balaban J connectivity index is 3.38. The van der Waals surface area contributed by atoms with Crippen LogP contribution in [0.25, 0.3) is 0 Å². The van der Waals surface area contributed by atoms with Gasteiger partial charge >= 0.3 is 0 Å². The van der Waals surface area contributed by atoms with Crippen molar-refractivity contribution in [2.45, 2.75) is 31.7 Å². The second kappa shape index (κ2) is 6.24. The molecule has 0 bridgehead atoms. The zero-order valence-corrected chi connectivity index (χ0v) is 13.6. The number of hydrogen-bond acceptors (Lipinski definition) is 4. The predicted molar refractivity (Wildman–Crippen MR) is 79.3 cm³/mol.